The number of aromatic amines is 1. The van der Waals surface area contributed by atoms with E-state index in [2.05, 4.69) is 16.5 Å². The zero-order valence-electron chi connectivity index (χ0n) is 12.4. The standard InChI is InChI=1S/C17H20N2O2S/c1-2-7-14-15(12-13-8-4-3-5-9-13)18-17(19-16(14)21)22-11-6-10-20/h2-5,8-9,20H,1,6-7,10-12H2,(H,18,19,21). The number of benzene rings is 1. The first-order valence-electron chi connectivity index (χ1n) is 7.25. The van der Waals surface area contributed by atoms with E-state index in [0.717, 1.165) is 17.0 Å². The Labute approximate surface area is 134 Å². The molecular weight excluding hydrogens is 296 g/mol. The molecule has 1 aromatic carbocycles. The number of H-pyrrole nitrogens is 1. The fourth-order valence-electron chi connectivity index (χ4n) is 2.11. The van der Waals surface area contributed by atoms with E-state index in [9.17, 15) is 4.79 Å². The lowest BCUT2D eigenvalue weighted by atomic mass is 10.0. The fourth-order valence-corrected chi connectivity index (χ4v) is 2.92. The summed E-state index contributed by atoms with van der Waals surface area (Å²) in [6, 6.07) is 9.98. The van der Waals surface area contributed by atoms with Gasteiger partial charge in [0, 0.05) is 24.3 Å². The molecule has 0 unspecified atom stereocenters. The minimum absolute atomic E-state index is 0.104. The number of nitrogens with zero attached hydrogens (tertiary/aromatic N) is 1. The number of aromatic nitrogens is 2. The molecule has 2 rings (SSSR count). The van der Waals surface area contributed by atoms with Crippen LogP contribution in [0.25, 0.3) is 0 Å². The van der Waals surface area contributed by atoms with Gasteiger partial charge in [-0.2, -0.15) is 0 Å². The molecule has 116 valence electrons. The van der Waals surface area contributed by atoms with E-state index >= 15 is 0 Å². The highest BCUT2D eigenvalue weighted by Gasteiger charge is 2.11. The van der Waals surface area contributed by atoms with Crippen molar-refractivity contribution in [1.82, 2.24) is 9.97 Å². The summed E-state index contributed by atoms with van der Waals surface area (Å²) in [7, 11) is 0. The van der Waals surface area contributed by atoms with E-state index in [1.807, 2.05) is 30.3 Å². The summed E-state index contributed by atoms with van der Waals surface area (Å²) in [5, 5.41) is 9.45. The van der Waals surface area contributed by atoms with Gasteiger partial charge in [-0.25, -0.2) is 4.98 Å². The van der Waals surface area contributed by atoms with E-state index < -0.39 is 0 Å². The maximum Gasteiger partial charge on any atom is 0.255 e. The van der Waals surface area contributed by atoms with Gasteiger partial charge in [-0.05, 0) is 18.4 Å². The Kier molecular flexibility index (Phi) is 6.43. The van der Waals surface area contributed by atoms with E-state index in [4.69, 9.17) is 5.11 Å². The highest BCUT2D eigenvalue weighted by atomic mass is 32.2. The van der Waals surface area contributed by atoms with E-state index in [0.29, 0.717) is 30.0 Å². The van der Waals surface area contributed by atoms with Crippen LogP contribution in [0.1, 0.15) is 23.2 Å². The quantitative estimate of drug-likeness (QED) is 0.340. The second-order valence-electron chi connectivity index (χ2n) is 4.88. The van der Waals surface area contributed by atoms with Gasteiger partial charge in [0.25, 0.3) is 5.56 Å². The molecule has 0 saturated carbocycles. The number of aliphatic hydroxyl groups excluding tert-OH is 1. The SMILES string of the molecule is C=CCc1c(Cc2ccccc2)nc(SCCCO)[nH]c1=O. The minimum atomic E-state index is -0.104. The van der Waals surface area contributed by atoms with Crippen LogP contribution in [0.4, 0.5) is 0 Å². The Balaban J connectivity index is 2.30. The fraction of sp³-hybridized carbons (Fsp3) is 0.294. The van der Waals surface area contributed by atoms with Crippen molar-refractivity contribution in [1.29, 1.82) is 0 Å². The Morgan fingerprint density at radius 2 is 2.09 bits per heavy atom. The molecule has 0 aliphatic heterocycles. The van der Waals surface area contributed by atoms with E-state index in [1.54, 1.807) is 6.08 Å². The number of rotatable bonds is 8. The van der Waals surface area contributed by atoms with Crippen LogP contribution in [0.5, 0.6) is 0 Å². The van der Waals surface area contributed by atoms with Crippen LogP contribution in [0.3, 0.4) is 0 Å². The summed E-state index contributed by atoms with van der Waals surface area (Å²) in [5.41, 5.74) is 2.48. The predicted octanol–water partition coefficient (Wildman–Crippen LogP) is 2.56. The zero-order chi connectivity index (χ0) is 15.8. The molecule has 0 aliphatic rings. The Hall–Kier alpha value is -1.85. The highest BCUT2D eigenvalue weighted by molar-refractivity contribution is 7.99. The molecule has 0 fully saturated rings. The molecule has 4 nitrogen and oxygen atoms in total. The van der Waals surface area contributed by atoms with Crippen LogP contribution >= 0.6 is 11.8 Å². The molecule has 22 heavy (non-hydrogen) atoms. The molecule has 2 N–H and O–H groups in total. The van der Waals surface area contributed by atoms with Gasteiger partial charge in [0.15, 0.2) is 5.16 Å². The monoisotopic (exact) mass is 316 g/mol. The predicted molar refractivity (Wildman–Crippen MR) is 90.4 cm³/mol. The number of aliphatic hydroxyl groups is 1. The Morgan fingerprint density at radius 3 is 2.77 bits per heavy atom. The van der Waals surface area contributed by atoms with Gasteiger partial charge in [0.05, 0.1) is 5.69 Å². The van der Waals surface area contributed by atoms with Gasteiger partial charge >= 0.3 is 0 Å². The van der Waals surface area contributed by atoms with Gasteiger partial charge in [0.1, 0.15) is 0 Å². The van der Waals surface area contributed by atoms with Crippen LogP contribution < -0.4 is 5.56 Å². The lowest BCUT2D eigenvalue weighted by Crippen LogP contribution is -2.18. The molecule has 5 heteroatoms. The summed E-state index contributed by atoms with van der Waals surface area (Å²) < 4.78 is 0. The van der Waals surface area contributed by atoms with Crippen LogP contribution in [-0.2, 0) is 12.8 Å². The molecule has 0 bridgehead atoms. The van der Waals surface area contributed by atoms with Crippen LogP contribution in [0.15, 0.2) is 52.9 Å². The van der Waals surface area contributed by atoms with Crippen LogP contribution in [0, 0.1) is 0 Å². The third-order valence-electron chi connectivity index (χ3n) is 3.18. The molecule has 1 heterocycles. The second kappa shape index (κ2) is 8.56. The molecule has 0 radical (unpaired) electrons. The first-order chi connectivity index (χ1) is 10.7. The summed E-state index contributed by atoms with van der Waals surface area (Å²) in [6.07, 6.45) is 3.53. The van der Waals surface area contributed by atoms with Crippen molar-refractivity contribution in [3.05, 3.63) is 70.2 Å². The normalized spacial score (nSPS) is 10.6. The average molecular weight is 316 g/mol. The number of thioether (sulfide) groups is 1. The Morgan fingerprint density at radius 1 is 1.32 bits per heavy atom. The van der Waals surface area contributed by atoms with E-state index in [-0.39, 0.29) is 12.2 Å². The van der Waals surface area contributed by atoms with Gasteiger partial charge in [-0.1, -0.05) is 48.2 Å². The third kappa shape index (κ3) is 4.58. The first-order valence-corrected chi connectivity index (χ1v) is 8.23. The lowest BCUT2D eigenvalue weighted by Gasteiger charge is -2.09. The first kappa shape index (κ1) is 16.5. The summed E-state index contributed by atoms with van der Waals surface area (Å²) >= 11 is 1.46. The highest BCUT2D eigenvalue weighted by Crippen LogP contribution is 2.16. The topological polar surface area (TPSA) is 66.0 Å². The van der Waals surface area contributed by atoms with Gasteiger partial charge in [-0.15, -0.1) is 6.58 Å². The maximum atomic E-state index is 12.3. The van der Waals surface area contributed by atoms with Crippen molar-refractivity contribution in [3.8, 4) is 0 Å². The van der Waals surface area contributed by atoms with Crippen LogP contribution in [-0.4, -0.2) is 27.4 Å². The molecule has 0 aliphatic carbocycles. The summed E-state index contributed by atoms with van der Waals surface area (Å²) in [6.45, 7) is 3.86. The Bertz CT molecular complexity index is 668. The third-order valence-corrected chi connectivity index (χ3v) is 4.14. The van der Waals surface area contributed by atoms with Crippen molar-refractivity contribution >= 4 is 11.8 Å². The van der Waals surface area contributed by atoms with Gasteiger partial charge in [0.2, 0.25) is 0 Å². The van der Waals surface area contributed by atoms with E-state index in [1.165, 1.54) is 11.8 Å². The largest absolute Gasteiger partial charge is 0.396 e. The maximum absolute atomic E-state index is 12.3. The average Bonchev–Trinajstić information content (AvgIpc) is 2.52. The van der Waals surface area contributed by atoms with Crippen molar-refractivity contribution in [2.24, 2.45) is 0 Å². The molecule has 2 aromatic rings. The number of nitrogens with one attached hydrogen (secondary N) is 1. The number of allylic oxidation sites excluding steroid dienone is 1. The summed E-state index contributed by atoms with van der Waals surface area (Å²) in [4.78, 5) is 19.7. The lowest BCUT2D eigenvalue weighted by molar-refractivity contribution is 0.296. The number of hydrogen-bond donors (Lipinski definition) is 2. The second-order valence-corrected chi connectivity index (χ2v) is 5.96. The minimum Gasteiger partial charge on any atom is -0.396 e. The van der Waals surface area contributed by atoms with Crippen molar-refractivity contribution in [2.45, 2.75) is 24.4 Å². The molecule has 1 aromatic heterocycles. The molecule has 0 spiro atoms. The van der Waals surface area contributed by atoms with Crippen molar-refractivity contribution in [2.75, 3.05) is 12.4 Å². The zero-order valence-corrected chi connectivity index (χ0v) is 13.2. The molecular formula is C17H20N2O2S. The van der Waals surface area contributed by atoms with Crippen molar-refractivity contribution in [3.63, 3.8) is 0 Å². The van der Waals surface area contributed by atoms with Crippen LogP contribution in [0.2, 0.25) is 0 Å². The molecule has 0 amide bonds. The van der Waals surface area contributed by atoms with Crippen molar-refractivity contribution < 1.29 is 5.11 Å². The summed E-state index contributed by atoms with van der Waals surface area (Å²) in [5.74, 6) is 0.727. The number of hydrogen-bond acceptors (Lipinski definition) is 4. The van der Waals surface area contributed by atoms with Gasteiger partial charge in [-0.3, -0.25) is 4.79 Å². The molecule has 0 atom stereocenters. The smallest absolute Gasteiger partial charge is 0.255 e. The molecule has 0 saturated heterocycles. The van der Waals surface area contributed by atoms with Gasteiger partial charge < -0.3 is 10.1 Å².